The zero-order chi connectivity index (χ0) is 14.5. The number of nitrogens with one attached hydrogen (secondary N) is 1. The summed E-state index contributed by atoms with van der Waals surface area (Å²) < 4.78 is 0. The predicted molar refractivity (Wildman–Crippen MR) is 81.4 cm³/mol. The molecule has 20 heavy (non-hydrogen) atoms. The van der Waals surface area contributed by atoms with Gasteiger partial charge in [0.1, 0.15) is 6.04 Å². The van der Waals surface area contributed by atoms with E-state index in [1.165, 1.54) is 0 Å². The van der Waals surface area contributed by atoms with Crippen LogP contribution in [0.3, 0.4) is 0 Å². The standard InChI is InChI=1S/C16H17ClN2O/c1-11(12-7-9-14(17)10-8-12)19-16(20)15(18)13-5-3-2-4-6-13/h2-11,15H,18H2,1H3,(H,19,20)/t11-,15+/m1/s1. The molecular weight excluding hydrogens is 272 g/mol. The molecule has 2 rings (SSSR count). The van der Waals surface area contributed by atoms with Crippen LogP contribution in [0.4, 0.5) is 0 Å². The quantitative estimate of drug-likeness (QED) is 0.907. The maximum atomic E-state index is 12.1. The third-order valence-corrected chi connectivity index (χ3v) is 3.42. The predicted octanol–water partition coefficient (Wildman–Crippen LogP) is 3.22. The summed E-state index contributed by atoms with van der Waals surface area (Å²) in [6, 6.07) is 15.9. The largest absolute Gasteiger partial charge is 0.348 e. The van der Waals surface area contributed by atoms with Crippen molar-refractivity contribution in [3.05, 3.63) is 70.7 Å². The highest BCUT2D eigenvalue weighted by atomic mass is 35.5. The van der Waals surface area contributed by atoms with E-state index in [4.69, 9.17) is 17.3 Å². The lowest BCUT2D eigenvalue weighted by Crippen LogP contribution is -2.35. The maximum absolute atomic E-state index is 12.1. The Kier molecular flexibility index (Phi) is 4.77. The molecule has 2 aromatic rings. The van der Waals surface area contributed by atoms with Crippen molar-refractivity contribution in [3.63, 3.8) is 0 Å². The summed E-state index contributed by atoms with van der Waals surface area (Å²) in [6.45, 7) is 1.92. The minimum atomic E-state index is -0.661. The second kappa shape index (κ2) is 6.55. The van der Waals surface area contributed by atoms with Crippen LogP contribution in [0.5, 0.6) is 0 Å². The summed E-state index contributed by atoms with van der Waals surface area (Å²) >= 11 is 5.85. The lowest BCUT2D eigenvalue weighted by molar-refractivity contribution is -0.123. The molecule has 0 saturated carbocycles. The smallest absolute Gasteiger partial charge is 0.241 e. The number of nitrogens with two attached hydrogens (primary N) is 1. The molecular formula is C16H17ClN2O. The Bertz CT molecular complexity index is 569. The van der Waals surface area contributed by atoms with Gasteiger partial charge in [-0.1, -0.05) is 54.1 Å². The highest BCUT2D eigenvalue weighted by molar-refractivity contribution is 6.30. The van der Waals surface area contributed by atoms with Crippen molar-refractivity contribution < 1.29 is 4.79 Å². The minimum Gasteiger partial charge on any atom is -0.348 e. The van der Waals surface area contributed by atoms with Crippen LogP contribution >= 0.6 is 11.6 Å². The number of carbonyl (C=O) groups excluding carboxylic acids is 1. The first-order valence-electron chi connectivity index (χ1n) is 6.44. The molecule has 0 aliphatic carbocycles. The van der Waals surface area contributed by atoms with Crippen molar-refractivity contribution in [2.75, 3.05) is 0 Å². The summed E-state index contributed by atoms with van der Waals surface area (Å²) in [6.07, 6.45) is 0. The van der Waals surface area contributed by atoms with Crippen LogP contribution in [0, 0.1) is 0 Å². The van der Waals surface area contributed by atoms with Crippen molar-refractivity contribution in [2.24, 2.45) is 5.73 Å². The first-order valence-corrected chi connectivity index (χ1v) is 6.82. The van der Waals surface area contributed by atoms with E-state index in [0.29, 0.717) is 5.02 Å². The topological polar surface area (TPSA) is 55.1 Å². The molecule has 104 valence electrons. The SMILES string of the molecule is C[C@@H](NC(=O)[C@@H](N)c1ccccc1)c1ccc(Cl)cc1. The third kappa shape index (κ3) is 3.59. The van der Waals surface area contributed by atoms with Crippen LogP contribution in [0.15, 0.2) is 54.6 Å². The number of halogens is 1. The third-order valence-electron chi connectivity index (χ3n) is 3.17. The van der Waals surface area contributed by atoms with Crippen molar-refractivity contribution in [3.8, 4) is 0 Å². The number of hydrogen-bond donors (Lipinski definition) is 2. The van der Waals surface area contributed by atoms with E-state index in [1.807, 2.05) is 49.4 Å². The second-order valence-corrected chi connectivity index (χ2v) is 5.11. The Morgan fingerprint density at radius 1 is 1.05 bits per heavy atom. The lowest BCUT2D eigenvalue weighted by atomic mass is 10.1. The normalized spacial score (nSPS) is 13.6. The Morgan fingerprint density at radius 3 is 2.25 bits per heavy atom. The summed E-state index contributed by atoms with van der Waals surface area (Å²) in [5.41, 5.74) is 7.74. The van der Waals surface area contributed by atoms with Gasteiger partial charge in [0.25, 0.3) is 0 Å². The minimum absolute atomic E-state index is 0.116. The van der Waals surface area contributed by atoms with E-state index in [2.05, 4.69) is 5.32 Å². The van der Waals surface area contributed by atoms with Gasteiger partial charge < -0.3 is 11.1 Å². The van der Waals surface area contributed by atoms with E-state index in [9.17, 15) is 4.79 Å². The van der Waals surface area contributed by atoms with Gasteiger partial charge in [0.15, 0.2) is 0 Å². The molecule has 0 saturated heterocycles. The van der Waals surface area contributed by atoms with Gasteiger partial charge in [-0.15, -0.1) is 0 Å². The van der Waals surface area contributed by atoms with Gasteiger partial charge in [-0.3, -0.25) is 4.79 Å². The van der Waals surface area contributed by atoms with Crippen LogP contribution in [-0.2, 0) is 4.79 Å². The first-order chi connectivity index (χ1) is 9.58. The summed E-state index contributed by atoms with van der Waals surface area (Å²) in [7, 11) is 0. The maximum Gasteiger partial charge on any atom is 0.241 e. The van der Waals surface area contributed by atoms with Crippen molar-refractivity contribution in [1.29, 1.82) is 0 Å². The van der Waals surface area contributed by atoms with Gasteiger partial charge in [-0.25, -0.2) is 0 Å². The van der Waals surface area contributed by atoms with E-state index >= 15 is 0 Å². The molecule has 0 unspecified atom stereocenters. The molecule has 3 nitrogen and oxygen atoms in total. The van der Waals surface area contributed by atoms with Gasteiger partial charge in [0.05, 0.1) is 6.04 Å². The fourth-order valence-electron chi connectivity index (χ4n) is 1.95. The van der Waals surface area contributed by atoms with Gasteiger partial charge >= 0.3 is 0 Å². The molecule has 0 fully saturated rings. The molecule has 0 spiro atoms. The molecule has 0 radical (unpaired) electrons. The molecule has 0 heterocycles. The van der Waals surface area contributed by atoms with E-state index in [-0.39, 0.29) is 11.9 Å². The van der Waals surface area contributed by atoms with Crippen LogP contribution < -0.4 is 11.1 Å². The van der Waals surface area contributed by atoms with Crippen LogP contribution in [0.25, 0.3) is 0 Å². The number of benzene rings is 2. The number of hydrogen-bond acceptors (Lipinski definition) is 2. The molecule has 0 aliphatic heterocycles. The van der Waals surface area contributed by atoms with Crippen LogP contribution in [0.2, 0.25) is 5.02 Å². The molecule has 2 aromatic carbocycles. The fraction of sp³-hybridized carbons (Fsp3) is 0.188. The van der Waals surface area contributed by atoms with Gasteiger partial charge in [-0.05, 0) is 30.2 Å². The monoisotopic (exact) mass is 288 g/mol. The van der Waals surface area contributed by atoms with E-state index in [1.54, 1.807) is 12.1 Å². The summed E-state index contributed by atoms with van der Waals surface area (Å²) in [5.74, 6) is -0.196. The average Bonchev–Trinajstić information content (AvgIpc) is 2.48. The average molecular weight is 289 g/mol. The molecule has 0 bridgehead atoms. The Morgan fingerprint density at radius 2 is 1.65 bits per heavy atom. The Hall–Kier alpha value is -1.84. The highest BCUT2D eigenvalue weighted by Gasteiger charge is 2.17. The number of rotatable bonds is 4. The number of carbonyl (C=O) groups is 1. The highest BCUT2D eigenvalue weighted by Crippen LogP contribution is 2.17. The van der Waals surface area contributed by atoms with Crippen LogP contribution in [0.1, 0.15) is 30.1 Å². The summed E-state index contributed by atoms with van der Waals surface area (Å²) in [4.78, 5) is 12.1. The lowest BCUT2D eigenvalue weighted by Gasteiger charge is -2.18. The summed E-state index contributed by atoms with van der Waals surface area (Å²) in [5, 5.41) is 3.58. The van der Waals surface area contributed by atoms with Crippen molar-refractivity contribution in [2.45, 2.75) is 19.0 Å². The van der Waals surface area contributed by atoms with Gasteiger partial charge in [-0.2, -0.15) is 0 Å². The van der Waals surface area contributed by atoms with E-state index < -0.39 is 6.04 Å². The molecule has 3 N–H and O–H groups in total. The van der Waals surface area contributed by atoms with Crippen LogP contribution in [-0.4, -0.2) is 5.91 Å². The Balaban J connectivity index is 2.02. The van der Waals surface area contributed by atoms with Gasteiger partial charge in [0, 0.05) is 5.02 Å². The first kappa shape index (κ1) is 14.6. The van der Waals surface area contributed by atoms with E-state index in [0.717, 1.165) is 11.1 Å². The zero-order valence-corrected chi connectivity index (χ0v) is 12.0. The molecule has 1 amide bonds. The molecule has 0 aliphatic rings. The van der Waals surface area contributed by atoms with Crippen molar-refractivity contribution >= 4 is 17.5 Å². The number of amides is 1. The second-order valence-electron chi connectivity index (χ2n) is 4.67. The fourth-order valence-corrected chi connectivity index (χ4v) is 2.08. The van der Waals surface area contributed by atoms with Gasteiger partial charge in [0.2, 0.25) is 5.91 Å². The Labute approximate surface area is 123 Å². The molecule has 2 atom stereocenters. The van der Waals surface area contributed by atoms with Crippen molar-refractivity contribution in [1.82, 2.24) is 5.32 Å². The zero-order valence-electron chi connectivity index (χ0n) is 11.2. The molecule has 0 aromatic heterocycles. The molecule has 4 heteroatoms.